The summed E-state index contributed by atoms with van der Waals surface area (Å²) in [7, 11) is 1.70. The van der Waals surface area contributed by atoms with E-state index in [9.17, 15) is 9.59 Å². The third-order valence-corrected chi connectivity index (χ3v) is 3.37. The molecule has 1 aromatic carbocycles. The second kappa shape index (κ2) is 8.29. The van der Waals surface area contributed by atoms with Crippen molar-refractivity contribution in [1.82, 2.24) is 10.2 Å². The Morgan fingerprint density at radius 2 is 1.90 bits per heavy atom. The van der Waals surface area contributed by atoms with E-state index >= 15 is 0 Å². The summed E-state index contributed by atoms with van der Waals surface area (Å²) in [5, 5.41) is 11.7. The maximum Gasteiger partial charge on any atom is 0.317 e. The molecule has 0 aromatic heterocycles. The summed E-state index contributed by atoms with van der Waals surface area (Å²) in [6.07, 6.45) is 1.35. The Morgan fingerprint density at radius 1 is 1.29 bits per heavy atom. The van der Waals surface area contributed by atoms with E-state index in [1.165, 1.54) is 5.56 Å². The van der Waals surface area contributed by atoms with Crippen molar-refractivity contribution in [2.24, 2.45) is 5.92 Å². The van der Waals surface area contributed by atoms with E-state index in [0.29, 0.717) is 13.0 Å². The molecule has 0 saturated carbocycles. The van der Waals surface area contributed by atoms with Gasteiger partial charge < -0.3 is 15.3 Å². The Kier molecular flexibility index (Phi) is 6.72. The monoisotopic (exact) mass is 292 g/mol. The van der Waals surface area contributed by atoms with Gasteiger partial charge in [0.1, 0.15) is 0 Å². The van der Waals surface area contributed by atoms with Crippen LogP contribution in [0.3, 0.4) is 0 Å². The quantitative estimate of drug-likeness (QED) is 0.811. The fourth-order valence-corrected chi connectivity index (χ4v) is 2.05. The summed E-state index contributed by atoms with van der Waals surface area (Å²) in [4.78, 5) is 24.5. The first-order chi connectivity index (χ1) is 9.93. The van der Waals surface area contributed by atoms with Crippen molar-refractivity contribution in [2.45, 2.75) is 33.2 Å². The summed E-state index contributed by atoms with van der Waals surface area (Å²) in [5.74, 6) is -1.38. The Balaban J connectivity index is 2.47. The number of amides is 2. The molecule has 0 saturated heterocycles. The van der Waals surface area contributed by atoms with E-state index in [-0.39, 0.29) is 12.6 Å². The molecule has 1 aromatic rings. The topological polar surface area (TPSA) is 69.6 Å². The molecule has 0 spiro atoms. The first-order valence-corrected chi connectivity index (χ1v) is 7.21. The lowest BCUT2D eigenvalue weighted by Gasteiger charge is -2.20. The molecule has 0 heterocycles. The van der Waals surface area contributed by atoms with Gasteiger partial charge in [0, 0.05) is 20.1 Å². The third-order valence-electron chi connectivity index (χ3n) is 3.37. The number of aliphatic carboxylic acids is 1. The van der Waals surface area contributed by atoms with Crippen LogP contribution in [-0.4, -0.2) is 35.6 Å². The number of carbonyl (C=O) groups excluding carboxylic acids is 1. The largest absolute Gasteiger partial charge is 0.481 e. The molecule has 0 aliphatic rings. The molecule has 0 aliphatic carbocycles. The Morgan fingerprint density at radius 3 is 2.43 bits per heavy atom. The molecule has 1 rings (SSSR count). The van der Waals surface area contributed by atoms with Gasteiger partial charge in [0.2, 0.25) is 0 Å². The Hall–Kier alpha value is -2.04. The molecule has 1 atom stereocenters. The van der Waals surface area contributed by atoms with Crippen LogP contribution in [0.1, 0.15) is 30.9 Å². The molecule has 1 unspecified atom stereocenters. The number of carboxylic acids is 1. The van der Waals surface area contributed by atoms with Crippen LogP contribution in [0.5, 0.6) is 0 Å². The zero-order chi connectivity index (χ0) is 15.8. The van der Waals surface area contributed by atoms with Gasteiger partial charge in [-0.05, 0) is 18.9 Å². The zero-order valence-electron chi connectivity index (χ0n) is 12.9. The number of hydrogen-bond donors (Lipinski definition) is 2. The molecule has 2 N–H and O–H groups in total. The van der Waals surface area contributed by atoms with Crippen LogP contribution in [0.25, 0.3) is 0 Å². The highest BCUT2D eigenvalue weighted by molar-refractivity contribution is 5.75. The standard InChI is InChI=1S/C16H24N2O3/c1-4-5-14(15(19)20)10-17-16(21)18(3)11-13-8-6-12(2)7-9-13/h6-9,14H,4-5,10-11H2,1-3H3,(H,17,21)(H,19,20). The van der Waals surface area contributed by atoms with E-state index in [4.69, 9.17) is 5.11 Å². The van der Waals surface area contributed by atoms with E-state index in [1.807, 2.05) is 38.1 Å². The fraction of sp³-hybridized carbons (Fsp3) is 0.500. The maximum atomic E-state index is 12.0. The number of aryl methyl sites for hydroxylation is 1. The molecule has 2 amide bonds. The highest BCUT2D eigenvalue weighted by atomic mass is 16.4. The number of hydrogen-bond acceptors (Lipinski definition) is 2. The van der Waals surface area contributed by atoms with Crippen molar-refractivity contribution >= 4 is 12.0 Å². The minimum Gasteiger partial charge on any atom is -0.481 e. The minimum absolute atomic E-state index is 0.167. The summed E-state index contributed by atoms with van der Waals surface area (Å²) in [5.41, 5.74) is 2.22. The number of urea groups is 1. The minimum atomic E-state index is -0.863. The molecule has 5 nitrogen and oxygen atoms in total. The average Bonchev–Trinajstić information content (AvgIpc) is 2.45. The Labute approximate surface area is 126 Å². The van der Waals surface area contributed by atoms with Gasteiger partial charge in [-0.2, -0.15) is 0 Å². The Bertz CT molecular complexity index is 471. The molecule has 116 valence electrons. The molecule has 0 radical (unpaired) electrons. The van der Waals surface area contributed by atoms with Crippen molar-refractivity contribution in [2.75, 3.05) is 13.6 Å². The van der Waals surface area contributed by atoms with Crippen LogP contribution in [0.2, 0.25) is 0 Å². The van der Waals surface area contributed by atoms with Gasteiger partial charge in [-0.15, -0.1) is 0 Å². The first-order valence-electron chi connectivity index (χ1n) is 7.21. The number of rotatable bonds is 7. The highest BCUT2D eigenvalue weighted by Gasteiger charge is 2.18. The van der Waals surface area contributed by atoms with Crippen LogP contribution in [0.4, 0.5) is 4.79 Å². The van der Waals surface area contributed by atoms with Gasteiger partial charge >= 0.3 is 12.0 Å². The van der Waals surface area contributed by atoms with E-state index in [2.05, 4.69) is 5.32 Å². The highest BCUT2D eigenvalue weighted by Crippen LogP contribution is 2.07. The van der Waals surface area contributed by atoms with Gasteiger partial charge in [0.25, 0.3) is 0 Å². The first kappa shape index (κ1) is 17.0. The number of carbonyl (C=O) groups is 2. The molecule has 0 aliphatic heterocycles. The van der Waals surface area contributed by atoms with Crippen molar-refractivity contribution in [1.29, 1.82) is 0 Å². The summed E-state index contributed by atoms with van der Waals surface area (Å²) in [6.45, 7) is 4.61. The van der Waals surface area contributed by atoms with Crippen LogP contribution < -0.4 is 5.32 Å². The van der Waals surface area contributed by atoms with Gasteiger partial charge in [-0.25, -0.2) is 4.79 Å². The average molecular weight is 292 g/mol. The number of nitrogens with zero attached hydrogens (tertiary/aromatic N) is 1. The van der Waals surface area contributed by atoms with Crippen LogP contribution in [0.15, 0.2) is 24.3 Å². The fourth-order valence-electron chi connectivity index (χ4n) is 2.05. The smallest absolute Gasteiger partial charge is 0.317 e. The predicted molar refractivity (Wildman–Crippen MR) is 82.1 cm³/mol. The van der Waals surface area contributed by atoms with Gasteiger partial charge in [0.15, 0.2) is 0 Å². The number of carboxylic acid groups (broad SMARTS) is 1. The van der Waals surface area contributed by atoms with E-state index < -0.39 is 11.9 Å². The molecule has 0 fully saturated rings. The van der Waals surface area contributed by atoms with Crippen molar-refractivity contribution in [3.8, 4) is 0 Å². The van der Waals surface area contributed by atoms with Crippen molar-refractivity contribution < 1.29 is 14.7 Å². The normalized spacial score (nSPS) is 11.8. The lowest BCUT2D eigenvalue weighted by Crippen LogP contribution is -2.40. The van der Waals surface area contributed by atoms with Gasteiger partial charge in [-0.3, -0.25) is 4.79 Å². The van der Waals surface area contributed by atoms with E-state index in [0.717, 1.165) is 12.0 Å². The molecular formula is C16H24N2O3. The lowest BCUT2D eigenvalue weighted by molar-refractivity contribution is -0.141. The third kappa shape index (κ3) is 5.85. The SMILES string of the molecule is CCCC(CNC(=O)N(C)Cc1ccc(C)cc1)C(=O)O. The summed E-state index contributed by atoms with van der Waals surface area (Å²) < 4.78 is 0. The zero-order valence-corrected chi connectivity index (χ0v) is 12.9. The van der Waals surface area contributed by atoms with Gasteiger partial charge in [0.05, 0.1) is 5.92 Å². The lowest BCUT2D eigenvalue weighted by atomic mass is 10.0. The second-order valence-corrected chi connectivity index (χ2v) is 5.35. The van der Waals surface area contributed by atoms with Crippen molar-refractivity contribution in [3.05, 3.63) is 35.4 Å². The number of benzene rings is 1. The van der Waals surface area contributed by atoms with Gasteiger partial charge in [-0.1, -0.05) is 43.2 Å². The molecular weight excluding hydrogens is 268 g/mol. The van der Waals surface area contributed by atoms with Crippen molar-refractivity contribution in [3.63, 3.8) is 0 Å². The van der Waals surface area contributed by atoms with Crippen LogP contribution in [0, 0.1) is 12.8 Å². The summed E-state index contributed by atoms with van der Waals surface area (Å²) in [6, 6.07) is 7.72. The van der Waals surface area contributed by atoms with Crippen LogP contribution in [-0.2, 0) is 11.3 Å². The van der Waals surface area contributed by atoms with Crippen LogP contribution >= 0.6 is 0 Å². The molecule has 0 bridgehead atoms. The molecule has 21 heavy (non-hydrogen) atoms. The van der Waals surface area contributed by atoms with E-state index in [1.54, 1.807) is 11.9 Å². The summed E-state index contributed by atoms with van der Waals surface area (Å²) >= 11 is 0. The number of nitrogens with one attached hydrogen (secondary N) is 1. The second-order valence-electron chi connectivity index (χ2n) is 5.35. The molecule has 5 heteroatoms. The maximum absolute atomic E-state index is 12.0. The predicted octanol–water partition coefficient (Wildman–Crippen LogP) is 2.64.